The van der Waals surface area contributed by atoms with Crippen molar-refractivity contribution in [2.75, 3.05) is 13.1 Å². The Morgan fingerprint density at radius 1 is 1.32 bits per heavy atom. The van der Waals surface area contributed by atoms with Crippen molar-refractivity contribution in [3.8, 4) is 0 Å². The molecule has 0 saturated carbocycles. The molecule has 1 amide bonds. The normalized spacial score (nSPS) is 17.5. The molecule has 1 aromatic carbocycles. The summed E-state index contributed by atoms with van der Waals surface area (Å²) in [5.41, 5.74) is 3.37. The molecule has 7 nitrogen and oxygen atoms in total. The Labute approximate surface area is 144 Å². The molecule has 0 spiro atoms. The van der Waals surface area contributed by atoms with E-state index < -0.39 is 0 Å². The third-order valence-corrected chi connectivity index (χ3v) is 4.88. The standard InChI is InChI=1S/C18H21N5O2/c1-12-9-13(2)23(20-12)14-7-8-21(10-14)17(24)11-22-16-6-4-3-5-15(16)19-18(22)25/h3-6,9,14H,7-8,10-11H2,1-2H3,(H,19,25)/t14-/m0/s1. The molecule has 2 aromatic heterocycles. The fraction of sp³-hybridized carbons (Fsp3) is 0.389. The highest BCUT2D eigenvalue weighted by molar-refractivity contribution is 5.80. The number of nitrogens with one attached hydrogen (secondary N) is 1. The number of aromatic nitrogens is 4. The predicted octanol–water partition coefficient (Wildman–Crippen LogP) is 1.62. The number of hydrogen-bond donors (Lipinski definition) is 1. The quantitative estimate of drug-likeness (QED) is 0.788. The lowest BCUT2D eigenvalue weighted by atomic mass is 10.2. The number of carbonyl (C=O) groups is 1. The number of aryl methyl sites for hydroxylation is 2. The monoisotopic (exact) mass is 339 g/mol. The largest absolute Gasteiger partial charge is 0.339 e. The average Bonchev–Trinajstić information content (AvgIpc) is 3.26. The summed E-state index contributed by atoms with van der Waals surface area (Å²) in [5.74, 6) is -0.0316. The number of amides is 1. The molecule has 4 rings (SSSR count). The SMILES string of the molecule is Cc1cc(C)n([C@H]2CCN(C(=O)Cn3c(=O)[nH]c4ccccc43)C2)n1. The minimum Gasteiger partial charge on any atom is -0.339 e. The second kappa shape index (κ2) is 5.91. The number of nitrogens with zero attached hydrogens (tertiary/aromatic N) is 4. The Hall–Kier alpha value is -2.83. The van der Waals surface area contributed by atoms with Crippen molar-refractivity contribution in [1.29, 1.82) is 0 Å². The minimum absolute atomic E-state index is 0.0316. The summed E-state index contributed by atoms with van der Waals surface area (Å²) in [4.78, 5) is 29.5. The van der Waals surface area contributed by atoms with E-state index in [1.165, 1.54) is 4.57 Å². The van der Waals surface area contributed by atoms with Gasteiger partial charge in [-0.25, -0.2) is 4.79 Å². The third-order valence-electron chi connectivity index (χ3n) is 4.88. The van der Waals surface area contributed by atoms with Gasteiger partial charge in [0.15, 0.2) is 0 Å². The van der Waals surface area contributed by atoms with Crippen molar-refractivity contribution in [2.24, 2.45) is 0 Å². The predicted molar refractivity (Wildman–Crippen MR) is 94.5 cm³/mol. The van der Waals surface area contributed by atoms with Crippen LogP contribution < -0.4 is 5.69 Å². The Balaban J connectivity index is 1.51. The van der Waals surface area contributed by atoms with Gasteiger partial charge in [-0.15, -0.1) is 0 Å². The fourth-order valence-electron chi connectivity index (χ4n) is 3.68. The summed E-state index contributed by atoms with van der Waals surface area (Å²) in [7, 11) is 0. The molecule has 0 radical (unpaired) electrons. The number of carbonyl (C=O) groups excluding carboxylic acids is 1. The topological polar surface area (TPSA) is 75.9 Å². The lowest BCUT2D eigenvalue weighted by Gasteiger charge is -2.17. The molecule has 1 saturated heterocycles. The molecule has 0 unspecified atom stereocenters. The molecule has 1 fully saturated rings. The van der Waals surface area contributed by atoms with E-state index in [2.05, 4.69) is 16.1 Å². The van der Waals surface area contributed by atoms with Crippen molar-refractivity contribution >= 4 is 16.9 Å². The average molecular weight is 339 g/mol. The van der Waals surface area contributed by atoms with E-state index in [1.54, 1.807) is 0 Å². The van der Waals surface area contributed by atoms with E-state index in [4.69, 9.17) is 0 Å². The molecule has 3 heterocycles. The fourth-order valence-corrected chi connectivity index (χ4v) is 3.68. The number of likely N-dealkylation sites (tertiary alicyclic amines) is 1. The number of rotatable bonds is 3. The van der Waals surface area contributed by atoms with Gasteiger partial charge in [0, 0.05) is 18.8 Å². The number of imidazole rings is 1. The van der Waals surface area contributed by atoms with Gasteiger partial charge in [-0.05, 0) is 38.5 Å². The maximum absolute atomic E-state index is 12.7. The van der Waals surface area contributed by atoms with Crippen LogP contribution in [-0.4, -0.2) is 43.2 Å². The zero-order valence-corrected chi connectivity index (χ0v) is 14.4. The lowest BCUT2D eigenvalue weighted by molar-refractivity contribution is -0.130. The Morgan fingerprint density at radius 3 is 2.88 bits per heavy atom. The molecular formula is C18H21N5O2. The van der Waals surface area contributed by atoms with Crippen molar-refractivity contribution in [3.63, 3.8) is 0 Å². The van der Waals surface area contributed by atoms with E-state index in [0.717, 1.165) is 28.8 Å². The van der Waals surface area contributed by atoms with Crippen LogP contribution in [0.1, 0.15) is 23.9 Å². The third kappa shape index (κ3) is 2.75. The molecule has 25 heavy (non-hydrogen) atoms. The molecular weight excluding hydrogens is 318 g/mol. The van der Waals surface area contributed by atoms with Gasteiger partial charge in [-0.1, -0.05) is 12.1 Å². The van der Waals surface area contributed by atoms with Crippen molar-refractivity contribution in [3.05, 3.63) is 52.2 Å². The molecule has 130 valence electrons. The second-order valence-electron chi connectivity index (χ2n) is 6.69. The van der Waals surface area contributed by atoms with Crippen LogP contribution in [0.5, 0.6) is 0 Å². The summed E-state index contributed by atoms with van der Waals surface area (Å²) >= 11 is 0. The Morgan fingerprint density at radius 2 is 2.12 bits per heavy atom. The van der Waals surface area contributed by atoms with Gasteiger partial charge in [0.2, 0.25) is 5.91 Å². The number of H-pyrrole nitrogens is 1. The molecule has 0 bridgehead atoms. The van der Waals surface area contributed by atoms with Gasteiger partial charge in [0.25, 0.3) is 0 Å². The highest BCUT2D eigenvalue weighted by Gasteiger charge is 2.29. The van der Waals surface area contributed by atoms with Crippen LogP contribution in [-0.2, 0) is 11.3 Å². The number of benzene rings is 1. The number of hydrogen-bond acceptors (Lipinski definition) is 3. The summed E-state index contributed by atoms with van der Waals surface area (Å²) in [6.07, 6.45) is 0.885. The van der Waals surface area contributed by atoms with Gasteiger partial charge in [0.1, 0.15) is 6.54 Å². The maximum atomic E-state index is 12.7. The van der Waals surface area contributed by atoms with Crippen molar-refractivity contribution < 1.29 is 4.79 Å². The van der Waals surface area contributed by atoms with E-state index in [-0.39, 0.29) is 24.2 Å². The second-order valence-corrected chi connectivity index (χ2v) is 6.69. The molecule has 1 atom stereocenters. The summed E-state index contributed by atoms with van der Waals surface area (Å²) in [6.45, 7) is 5.41. The van der Waals surface area contributed by atoms with Crippen LogP contribution in [0, 0.1) is 13.8 Å². The zero-order chi connectivity index (χ0) is 17.6. The van der Waals surface area contributed by atoms with Gasteiger partial charge in [-0.3, -0.25) is 14.0 Å². The van der Waals surface area contributed by atoms with Crippen molar-refractivity contribution in [1.82, 2.24) is 24.2 Å². The molecule has 1 aliphatic rings. The van der Waals surface area contributed by atoms with Gasteiger partial charge >= 0.3 is 5.69 Å². The number of fused-ring (bicyclic) bond motifs is 1. The summed E-state index contributed by atoms with van der Waals surface area (Å²) in [6, 6.07) is 9.68. The highest BCUT2D eigenvalue weighted by Crippen LogP contribution is 2.23. The maximum Gasteiger partial charge on any atom is 0.326 e. The molecule has 1 N–H and O–H groups in total. The highest BCUT2D eigenvalue weighted by atomic mass is 16.2. The first-order chi connectivity index (χ1) is 12.0. The lowest BCUT2D eigenvalue weighted by Crippen LogP contribution is -2.34. The van der Waals surface area contributed by atoms with Gasteiger partial charge < -0.3 is 9.88 Å². The van der Waals surface area contributed by atoms with Crippen LogP contribution in [0.15, 0.2) is 35.1 Å². The summed E-state index contributed by atoms with van der Waals surface area (Å²) in [5, 5.41) is 4.54. The van der Waals surface area contributed by atoms with E-state index >= 15 is 0 Å². The van der Waals surface area contributed by atoms with E-state index in [1.807, 2.05) is 47.7 Å². The van der Waals surface area contributed by atoms with Crippen LogP contribution >= 0.6 is 0 Å². The molecule has 3 aromatic rings. The Kier molecular flexibility index (Phi) is 3.71. The first-order valence-electron chi connectivity index (χ1n) is 8.51. The molecule has 0 aliphatic carbocycles. The van der Waals surface area contributed by atoms with Crippen LogP contribution in [0.25, 0.3) is 11.0 Å². The Bertz CT molecular complexity index is 996. The van der Waals surface area contributed by atoms with Gasteiger partial charge in [0.05, 0.1) is 22.8 Å². The summed E-state index contributed by atoms with van der Waals surface area (Å²) < 4.78 is 3.52. The van der Waals surface area contributed by atoms with Crippen LogP contribution in [0.2, 0.25) is 0 Å². The smallest absolute Gasteiger partial charge is 0.326 e. The van der Waals surface area contributed by atoms with Crippen molar-refractivity contribution in [2.45, 2.75) is 32.9 Å². The molecule has 1 aliphatic heterocycles. The van der Waals surface area contributed by atoms with Crippen LogP contribution in [0.4, 0.5) is 0 Å². The van der Waals surface area contributed by atoms with E-state index in [9.17, 15) is 9.59 Å². The molecule has 7 heteroatoms. The van der Waals surface area contributed by atoms with Gasteiger partial charge in [-0.2, -0.15) is 5.10 Å². The van der Waals surface area contributed by atoms with E-state index in [0.29, 0.717) is 13.1 Å². The zero-order valence-electron chi connectivity index (χ0n) is 14.4. The first kappa shape index (κ1) is 15.7. The minimum atomic E-state index is -0.246. The number of aromatic amines is 1. The first-order valence-corrected chi connectivity index (χ1v) is 8.51. The van der Waals surface area contributed by atoms with Crippen LogP contribution in [0.3, 0.4) is 0 Å². The number of para-hydroxylation sites is 2.